The molecule has 0 aliphatic rings. The van der Waals surface area contributed by atoms with E-state index in [2.05, 4.69) is 4.98 Å². The summed E-state index contributed by atoms with van der Waals surface area (Å²) in [6.07, 6.45) is 1.73. The summed E-state index contributed by atoms with van der Waals surface area (Å²) in [6.45, 7) is -0.235. The predicted octanol–water partition coefficient (Wildman–Crippen LogP) is 1.72. The van der Waals surface area contributed by atoms with Crippen molar-refractivity contribution in [3.8, 4) is 17.0 Å². The number of sulfonamides is 1. The smallest absolute Gasteiger partial charge is 1.00 e. The monoisotopic (exact) mass is 512 g/mol. The summed E-state index contributed by atoms with van der Waals surface area (Å²) in [5.41, 5.74) is 3.28. The molecule has 0 fully saturated rings. The van der Waals surface area contributed by atoms with Crippen LogP contribution in [-0.2, 0) is 27.9 Å². The minimum absolute atomic E-state index is 0. The number of ether oxygens (including phenoxy) is 1. The Hall–Kier alpha value is -3.01. The average molecular weight is 513 g/mol. The van der Waals surface area contributed by atoms with E-state index in [1.165, 1.54) is 4.31 Å². The summed E-state index contributed by atoms with van der Waals surface area (Å²) in [7, 11) is -3.81. The molecule has 0 aliphatic heterocycles. The molecule has 4 rings (SSSR count). The van der Waals surface area contributed by atoms with E-state index in [0.29, 0.717) is 11.3 Å². The summed E-state index contributed by atoms with van der Waals surface area (Å²) >= 11 is 0. The van der Waals surface area contributed by atoms with Gasteiger partial charge in [0.25, 0.3) is 0 Å². The number of benzene rings is 3. The quantitative estimate of drug-likeness (QED) is 0.325. The maximum atomic E-state index is 13.5. The van der Waals surface area contributed by atoms with Gasteiger partial charge >= 0.3 is 35.5 Å². The van der Waals surface area contributed by atoms with Crippen LogP contribution in [0.5, 0.6) is 5.75 Å². The van der Waals surface area contributed by atoms with Crippen LogP contribution < -0.4 is 34.3 Å². The number of carbonyl (C=O) groups is 1. The second-order valence-corrected chi connectivity index (χ2v) is 9.77. The predicted molar refractivity (Wildman–Crippen MR) is 133 cm³/mol. The molecule has 3 aromatic carbocycles. The van der Waals surface area contributed by atoms with Gasteiger partial charge in [0.05, 0.1) is 10.6 Å². The van der Waals surface area contributed by atoms with Crippen molar-refractivity contribution in [1.82, 2.24) is 9.29 Å². The molecule has 0 atom stereocenters. The molecule has 1 aromatic heterocycles. The van der Waals surface area contributed by atoms with Crippen molar-refractivity contribution in [3.05, 3.63) is 114 Å². The first-order valence-electron chi connectivity index (χ1n) is 10.9. The Labute approximate surface area is 234 Å². The van der Waals surface area contributed by atoms with Crippen LogP contribution in [0.25, 0.3) is 11.3 Å². The third-order valence-electron chi connectivity index (χ3n) is 5.27. The molecule has 0 amide bonds. The third kappa shape index (κ3) is 7.25. The van der Waals surface area contributed by atoms with Crippen LogP contribution >= 0.6 is 0 Å². The maximum absolute atomic E-state index is 13.5. The molecule has 0 saturated heterocycles. The Balaban J connectivity index is 0.00000241. The number of nitrogens with zero attached hydrogens (tertiary/aromatic N) is 2. The standard InChI is InChI=1S/C27H24N2O5S.Na.H/c30-27(31)20-34-24-8-6-7-22(17-24)19-29(35(32,33)25-9-2-1-3-10-25)18-21-12-14-23(15-13-21)26-11-4-5-16-28-26;;/h1-17H,18-20H2,(H,30,31);;/q;+1;-1. The number of rotatable bonds is 10. The van der Waals surface area contributed by atoms with Crippen LogP contribution in [0, 0.1) is 0 Å². The normalized spacial score (nSPS) is 11.0. The van der Waals surface area contributed by atoms with Crippen LogP contribution in [-0.4, -0.2) is 35.4 Å². The molecule has 0 bridgehead atoms. The van der Waals surface area contributed by atoms with E-state index in [-0.39, 0.29) is 49.0 Å². The summed E-state index contributed by atoms with van der Waals surface area (Å²) in [5, 5.41) is 8.86. The molecule has 9 heteroatoms. The molecule has 36 heavy (non-hydrogen) atoms. The van der Waals surface area contributed by atoms with Crippen molar-refractivity contribution in [2.45, 2.75) is 18.0 Å². The minimum Gasteiger partial charge on any atom is -1.00 e. The van der Waals surface area contributed by atoms with Crippen molar-refractivity contribution < 1.29 is 54.0 Å². The average Bonchev–Trinajstić information content (AvgIpc) is 2.89. The fourth-order valence-corrected chi connectivity index (χ4v) is 5.01. The molecular weight excluding hydrogens is 487 g/mol. The van der Waals surface area contributed by atoms with Gasteiger partial charge in [0, 0.05) is 24.8 Å². The second kappa shape index (κ2) is 12.8. The van der Waals surface area contributed by atoms with E-state index in [0.717, 1.165) is 16.8 Å². The van der Waals surface area contributed by atoms with E-state index in [1.807, 2.05) is 42.5 Å². The van der Waals surface area contributed by atoms with E-state index >= 15 is 0 Å². The molecule has 0 radical (unpaired) electrons. The van der Waals surface area contributed by atoms with Crippen LogP contribution in [0.3, 0.4) is 0 Å². The fraction of sp³-hybridized carbons (Fsp3) is 0.111. The summed E-state index contributed by atoms with van der Waals surface area (Å²) in [4.78, 5) is 15.4. The number of hydrogen-bond donors (Lipinski definition) is 1. The number of hydrogen-bond acceptors (Lipinski definition) is 5. The molecule has 180 valence electrons. The third-order valence-corrected chi connectivity index (χ3v) is 7.08. The molecule has 0 unspecified atom stereocenters. The number of carboxylic acids is 1. The van der Waals surface area contributed by atoms with Gasteiger partial charge in [-0.2, -0.15) is 4.31 Å². The Bertz CT molecular complexity index is 1390. The molecular formula is C27H25N2NaO5S. The zero-order chi connectivity index (χ0) is 24.7. The van der Waals surface area contributed by atoms with Crippen molar-refractivity contribution in [1.29, 1.82) is 0 Å². The summed E-state index contributed by atoms with van der Waals surface area (Å²) < 4.78 is 33.7. The second-order valence-electron chi connectivity index (χ2n) is 7.83. The van der Waals surface area contributed by atoms with Crippen molar-refractivity contribution in [3.63, 3.8) is 0 Å². The Morgan fingerprint density at radius 2 is 1.56 bits per heavy atom. The zero-order valence-electron chi connectivity index (χ0n) is 20.8. The summed E-state index contributed by atoms with van der Waals surface area (Å²) in [5.74, 6) is -0.723. The SMILES string of the molecule is O=C(O)COc1cccc(CN(Cc2ccc(-c3ccccn3)cc2)S(=O)(=O)c2ccccc2)c1.[H-].[Na+]. The Kier molecular flexibility index (Phi) is 9.81. The molecule has 1 N–H and O–H groups in total. The molecule has 0 saturated carbocycles. The first kappa shape index (κ1) is 27.6. The molecule has 7 nitrogen and oxygen atoms in total. The first-order valence-corrected chi connectivity index (χ1v) is 12.3. The molecule has 4 aromatic rings. The topological polar surface area (TPSA) is 96.8 Å². The van der Waals surface area contributed by atoms with E-state index in [4.69, 9.17) is 9.84 Å². The van der Waals surface area contributed by atoms with Gasteiger partial charge in [-0.25, -0.2) is 13.2 Å². The van der Waals surface area contributed by atoms with Gasteiger partial charge in [-0.3, -0.25) is 4.98 Å². The van der Waals surface area contributed by atoms with Crippen molar-refractivity contribution >= 4 is 16.0 Å². The Morgan fingerprint density at radius 3 is 2.22 bits per heavy atom. The van der Waals surface area contributed by atoms with Gasteiger partial charge in [-0.1, -0.05) is 60.7 Å². The van der Waals surface area contributed by atoms with Gasteiger partial charge < -0.3 is 11.3 Å². The van der Waals surface area contributed by atoms with Gasteiger partial charge in [-0.05, 0) is 47.5 Å². The fourth-order valence-electron chi connectivity index (χ4n) is 3.57. The Morgan fingerprint density at radius 1 is 0.861 bits per heavy atom. The maximum Gasteiger partial charge on any atom is 1.00 e. The van der Waals surface area contributed by atoms with Crippen molar-refractivity contribution in [2.24, 2.45) is 0 Å². The zero-order valence-corrected chi connectivity index (χ0v) is 22.6. The summed E-state index contributed by atoms with van der Waals surface area (Å²) in [6, 6.07) is 28.4. The largest absolute Gasteiger partial charge is 1.00 e. The van der Waals surface area contributed by atoms with Crippen LogP contribution in [0.15, 0.2) is 108 Å². The number of aliphatic carboxylic acids is 1. The number of aromatic nitrogens is 1. The van der Waals surface area contributed by atoms with Gasteiger partial charge in [0.15, 0.2) is 6.61 Å². The number of carboxylic acid groups (broad SMARTS) is 1. The van der Waals surface area contributed by atoms with E-state index in [1.54, 1.807) is 60.8 Å². The van der Waals surface area contributed by atoms with Gasteiger partial charge in [-0.15, -0.1) is 0 Å². The van der Waals surface area contributed by atoms with Crippen molar-refractivity contribution in [2.75, 3.05) is 6.61 Å². The van der Waals surface area contributed by atoms with Gasteiger partial charge in [0.1, 0.15) is 5.75 Å². The van der Waals surface area contributed by atoms with E-state index < -0.39 is 22.6 Å². The molecule has 0 aliphatic carbocycles. The number of pyridine rings is 1. The molecule has 0 spiro atoms. The van der Waals surface area contributed by atoms with Crippen LogP contribution in [0.4, 0.5) is 0 Å². The molecule has 1 heterocycles. The van der Waals surface area contributed by atoms with Gasteiger partial charge in [0.2, 0.25) is 10.0 Å². The van der Waals surface area contributed by atoms with Crippen LogP contribution in [0.1, 0.15) is 12.6 Å². The van der Waals surface area contributed by atoms with Crippen LogP contribution in [0.2, 0.25) is 0 Å². The minimum atomic E-state index is -3.81. The first-order chi connectivity index (χ1) is 16.9. The van der Waals surface area contributed by atoms with E-state index in [9.17, 15) is 13.2 Å².